The van der Waals surface area contributed by atoms with Gasteiger partial charge in [0.15, 0.2) is 11.4 Å². The topological polar surface area (TPSA) is 92.6 Å². The minimum absolute atomic E-state index is 0.0699. The molecule has 164 valence electrons. The molecule has 0 radical (unpaired) electrons. The maximum Gasteiger partial charge on any atom is 0.224 e. The van der Waals surface area contributed by atoms with E-state index in [4.69, 9.17) is 10.5 Å². The fourth-order valence-corrected chi connectivity index (χ4v) is 4.34. The summed E-state index contributed by atoms with van der Waals surface area (Å²) in [7, 11) is 0. The Labute approximate surface area is 183 Å². The van der Waals surface area contributed by atoms with Crippen LogP contribution in [0.3, 0.4) is 0 Å². The lowest BCUT2D eigenvalue weighted by molar-refractivity contribution is -0.116. The first-order chi connectivity index (χ1) is 14.6. The summed E-state index contributed by atoms with van der Waals surface area (Å²) in [5, 5.41) is 7.29. The van der Waals surface area contributed by atoms with Crippen LogP contribution >= 0.6 is 11.3 Å². The van der Waals surface area contributed by atoms with Gasteiger partial charge in [0, 0.05) is 22.5 Å². The number of benzene rings is 1. The van der Waals surface area contributed by atoms with E-state index in [1.165, 1.54) is 30.6 Å². The van der Waals surface area contributed by atoms with Gasteiger partial charge in [0.1, 0.15) is 6.10 Å². The smallest absolute Gasteiger partial charge is 0.224 e. The van der Waals surface area contributed by atoms with E-state index in [0.717, 1.165) is 47.9 Å². The molecule has 2 unspecified atom stereocenters. The third-order valence-electron chi connectivity index (χ3n) is 5.44. The van der Waals surface area contributed by atoms with Crippen LogP contribution in [0.5, 0.6) is 0 Å². The number of carbonyl (C=O) groups excluding carboxylic acids is 1. The molecule has 6 nitrogen and oxygen atoms in total. The fraction of sp³-hybridized carbons (Fsp3) is 0.565. The summed E-state index contributed by atoms with van der Waals surface area (Å²) in [4.78, 5) is 18.1. The molecule has 4 N–H and O–H groups in total. The molecule has 1 aliphatic heterocycles. The van der Waals surface area contributed by atoms with Crippen LogP contribution in [0.15, 0.2) is 24.3 Å². The number of nitrogens with zero attached hydrogens (tertiary/aromatic N) is 1. The zero-order valence-corrected chi connectivity index (χ0v) is 18.9. The minimum Gasteiger partial charge on any atom is -0.343 e. The van der Waals surface area contributed by atoms with Crippen molar-refractivity contribution in [2.75, 3.05) is 17.2 Å². The molecule has 1 aliphatic rings. The third kappa shape index (κ3) is 6.79. The summed E-state index contributed by atoms with van der Waals surface area (Å²) in [6, 6.07) is 7.88. The largest absolute Gasteiger partial charge is 0.343 e. The second kappa shape index (κ2) is 11.4. The number of nitrogens with one attached hydrogen (secondary N) is 2. The maximum atomic E-state index is 12.4. The fourth-order valence-electron chi connectivity index (χ4n) is 3.50. The molecular formula is C23H34N4O2S. The Kier molecular flexibility index (Phi) is 8.66. The first kappa shape index (κ1) is 22.7. The van der Waals surface area contributed by atoms with Crippen molar-refractivity contribution in [3.05, 3.63) is 40.4 Å². The lowest BCUT2D eigenvalue weighted by atomic mass is 10.1. The Bertz CT molecular complexity index is 804. The highest BCUT2D eigenvalue weighted by Crippen LogP contribution is 2.42. The Balaban J connectivity index is 1.41. The molecule has 1 saturated heterocycles. The molecule has 1 aromatic heterocycles. The van der Waals surface area contributed by atoms with E-state index < -0.39 is 0 Å². The number of anilines is 2. The highest BCUT2D eigenvalue weighted by molar-refractivity contribution is 7.15. The standard InChI is InChI=1S/C23H34N4O2S/c1-16-17(2)30-23(25-16)27-22-21(29-22)18-12-9-10-13-19(18)26-20(28)14-8-6-4-3-5-7-11-15-24/h9-10,12-13,21-22H,3-8,11,14-15,24H2,1-2H3,(H,25,27)(H,26,28). The van der Waals surface area contributed by atoms with Crippen molar-refractivity contribution in [2.24, 2.45) is 5.73 Å². The Morgan fingerprint density at radius 1 is 1.10 bits per heavy atom. The number of thiazole rings is 1. The van der Waals surface area contributed by atoms with E-state index in [2.05, 4.69) is 22.5 Å². The van der Waals surface area contributed by atoms with Gasteiger partial charge in [0.25, 0.3) is 0 Å². The number of rotatable bonds is 13. The average Bonchev–Trinajstić information content (AvgIpc) is 3.41. The van der Waals surface area contributed by atoms with Gasteiger partial charge in [-0.25, -0.2) is 4.98 Å². The minimum atomic E-state index is -0.104. The number of amides is 1. The van der Waals surface area contributed by atoms with Crippen LogP contribution < -0.4 is 16.4 Å². The Hall–Kier alpha value is -1.96. The van der Waals surface area contributed by atoms with Crippen LogP contribution in [0, 0.1) is 13.8 Å². The van der Waals surface area contributed by atoms with Gasteiger partial charge in [0.2, 0.25) is 5.91 Å². The maximum absolute atomic E-state index is 12.4. The van der Waals surface area contributed by atoms with Gasteiger partial charge in [0.05, 0.1) is 5.69 Å². The SMILES string of the molecule is Cc1nc(NC2OC2c2ccccc2NC(=O)CCCCCCCCCN)sc1C. The highest BCUT2D eigenvalue weighted by atomic mass is 32.1. The lowest BCUT2D eigenvalue weighted by Crippen LogP contribution is -2.13. The average molecular weight is 431 g/mol. The van der Waals surface area contributed by atoms with Crippen molar-refractivity contribution < 1.29 is 9.53 Å². The number of hydrogen-bond donors (Lipinski definition) is 3. The summed E-state index contributed by atoms with van der Waals surface area (Å²) in [6.45, 7) is 4.86. The number of carbonyl (C=O) groups is 1. The molecule has 3 rings (SSSR count). The number of epoxide rings is 1. The second-order valence-corrected chi connectivity index (χ2v) is 9.13. The first-order valence-electron chi connectivity index (χ1n) is 11.0. The molecule has 7 heteroatoms. The molecule has 2 heterocycles. The molecule has 30 heavy (non-hydrogen) atoms. The van der Waals surface area contributed by atoms with E-state index in [1.807, 2.05) is 31.2 Å². The van der Waals surface area contributed by atoms with Crippen molar-refractivity contribution in [2.45, 2.75) is 77.5 Å². The molecule has 0 saturated carbocycles. The monoisotopic (exact) mass is 430 g/mol. The van der Waals surface area contributed by atoms with Crippen LogP contribution in [-0.4, -0.2) is 23.7 Å². The summed E-state index contributed by atoms with van der Waals surface area (Å²) in [6.07, 6.45) is 8.41. The van der Waals surface area contributed by atoms with E-state index in [-0.39, 0.29) is 18.2 Å². The molecular weight excluding hydrogens is 396 g/mol. The summed E-state index contributed by atoms with van der Waals surface area (Å²) in [5.74, 6) is 0.0712. The van der Waals surface area contributed by atoms with Crippen LogP contribution in [0.1, 0.15) is 73.6 Å². The van der Waals surface area contributed by atoms with Gasteiger partial charge in [-0.05, 0) is 39.3 Å². The van der Waals surface area contributed by atoms with Crippen molar-refractivity contribution in [1.82, 2.24) is 4.98 Å². The molecule has 2 atom stereocenters. The molecule has 1 aromatic carbocycles. The van der Waals surface area contributed by atoms with Gasteiger partial charge in [-0.3, -0.25) is 4.79 Å². The first-order valence-corrected chi connectivity index (χ1v) is 11.8. The Morgan fingerprint density at radius 3 is 2.50 bits per heavy atom. The van der Waals surface area contributed by atoms with E-state index >= 15 is 0 Å². The predicted octanol–water partition coefficient (Wildman–Crippen LogP) is 5.29. The molecule has 1 amide bonds. The molecule has 2 aromatic rings. The normalized spacial score (nSPS) is 17.7. The molecule has 1 fully saturated rings. The second-order valence-electron chi connectivity index (χ2n) is 7.93. The molecule has 0 aliphatic carbocycles. The summed E-state index contributed by atoms with van der Waals surface area (Å²) >= 11 is 1.64. The summed E-state index contributed by atoms with van der Waals surface area (Å²) in [5.41, 5.74) is 8.40. The molecule has 0 bridgehead atoms. The number of nitrogens with two attached hydrogens (primary N) is 1. The summed E-state index contributed by atoms with van der Waals surface area (Å²) < 4.78 is 5.83. The van der Waals surface area contributed by atoms with Crippen molar-refractivity contribution in [3.63, 3.8) is 0 Å². The van der Waals surface area contributed by atoms with Gasteiger partial charge >= 0.3 is 0 Å². The van der Waals surface area contributed by atoms with E-state index in [9.17, 15) is 4.79 Å². The van der Waals surface area contributed by atoms with Crippen molar-refractivity contribution in [1.29, 1.82) is 0 Å². The zero-order valence-electron chi connectivity index (χ0n) is 18.1. The van der Waals surface area contributed by atoms with Crippen molar-refractivity contribution in [3.8, 4) is 0 Å². The van der Waals surface area contributed by atoms with Gasteiger partial charge in [-0.2, -0.15) is 0 Å². The number of aryl methyl sites for hydroxylation is 2. The van der Waals surface area contributed by atoms with Crippen molar-refractivity contribution >= 4 is 28.1 Å². The quantitative estimate of drug-likeness (QED) is 0.297. The van der Waals surface area contributed by atoms with Crippen LogP contribution in [0.25, 0.3) is 0 Å². The van der Waals surface area contributed by atoms with Crippen LogP contribution in [0.4, 0.5) is 10.8 Å². The van der Waals surface area contributed by atoms with Crippen LogP contribution in [0.2, 0.25) is 0 Å². The van der Waals surface area contributed by atoms with Gasteiger partial charge < -0.3 is 21.1 Å². The van der Waals surface area contributed by atoms with E-state index in [1.54, 1.807) is 11.3 Å². The third-order valence-corrected chi connectivity index (χ3v) is 6.44. The predicted molar refractivity (Wildman–Crippen MR) is 124 cm³/mol. The van der Waals surface area contributed by atoms with Gasteiger partial charge in [-0.1, -0.05) is 50.3 Å². The number of para-hydroxylation sites is 1. The lowest BCUT2D eigenvalue weighted by Gasteiger charge is -2.10. The highest BCUT2D eigenvalue weighted by Gasteiger charge is 2.42. The zero-order chi connectivity index (χ0) is 21.3. The Morgan fingerprint density at radius 2 is 1.80 bits per heavy atom. The van der Waals surface area contributed by atoms with Gasteiger partial charge in [-0.15, -0.1) is 11.3 Å². The number of hydrogen-bond acceptors (Lipinski definition) is 6. The molecule has 0 spiro atoms. The number of aromatic nitrogens is 1. The number of ether oxygens (including phenoxy) is 1. The van der Waals surface area contributed by atoms with Crippen LogP contribution in [-0.2, 0) is 9.53 Å². The van der Waals surface area contributed by atoms with E-state index in [0.29, 0.717) is 6.42 Å². The number of unbranched alkanes of at least 4 members (excludes halogenated alkanes) is 6.